The number of allylic oxidation sites excluding steroid dienone is 5. The molecule has 1 aliphatic rings. The maximum absolute atomic E-state index is 2.21. The minimum absolute atomic E-state index is 0.951. The number of hydrogen-bond acceptors (Lipinski definition) is 1. The fourth-order valence-electron chi connectivity index (χ4n) is 1.27. The van der Waals surface area contributed by atoms with E-state index >= 15 is 0 Å². The van der Waals surface area contributed by atoms with Gasteiger partial charge in [-0.3, -0.25) is 0 Å². The molecule has 0 N–H and O–H groups in total. The summed E-state index contributed by atoms with van der Waals surface area (Å²) < 4.78 is 2.09. The molecule has 0 fully saturated rings. The summed E-state index contributed by atoms with van der Waals surface area (Å²) in [5.74, 6) is 0. The van der Waals surface area contributed by atoms with Gasteiger partial charge in [-0.1, -0.05) is 18.2 Å². The molecule has 2 nitrogen and oxygen atoms in total. The maximum atomic E-state index is 2.21. The number of rotatable bonds is 2. The standard InChI is InChI=1S/C11H17N2/c1-4-5-8-11(2)13-10-7-6-9-12(13)3/h4-9H,10H2,1-3H3/q+1. The monoisotopic (exact) mass is 177 g/mol. The Bertz CT molecular complexity index is 282. The predicted octanol–water partition coefficient (Wildman–Crippen LogP) is 1.97. The van der Waals surface area contributed by atoms with Gasteiger partial charge in [-0.25, -0.2) is 0 Å². The number of hydrazone groups is 1. The summed E-state index contributed by atoms with van der Waals surface area (Å²) in [6.45, 7) is 5.09. The van der Waals surface area contributed by atoms with Gasteiger partial charge in [0, 0.05) is 6.08 Å². The van der Waals surface area contributed by atoms with Gasteiger partial charge in [-0.15, -0.1) is 4.68 Å². The molecule has 1 heterocycles. The highest BCUT2D eigenvalue weighted by Gasteiger charge is 2.13. The van der Waals surface area contributed by atoms with Gasteiger partial charge >= 0.3 is 0 Å². The van der Waals surface area contributed by atoms with Crippen LogP contribution in [-0.4, -0.2) is 29.5 Å². The van der Waals surface area contributed by atoms with E-state index in [1.54, 1.807) is 0 Å². The molecule has 0 amide bonds. The van der Waals surface area contributed by atoms with Crippen LogP contribution >= 0.6 is 0 Å². The van der Waals surface area contributed by atoms with E-state index in [0.717, 1.165) is 6.54 Å². The quantitative estimate of drug-likeness (QED) is 0.461. The Morgan fingerprint density at radius 2 is 2.31 bits per heavy atom. The van der Waals surface area contributed by atoms with Crippen molar-refractivity contribution in [1.82, 2.24) is 5.01 Å². The van der Waals surface area contributed by atoms with Gasteiger partial charge in [0.05, 0.1) is 12.2 Å². The van der Waals surface area contributed by atoms with Crippen molar-refractivity contribution in [2.24, 2.45) is 0 Å². The molecule has 0 aromatic heterocycles. The van der Waals surface area contributed by atoms with E-state index in [4.69, 9.17) is 0 Å². The smallest absolute Gasteiger partial charge is 0.155 e. The van der Waals surface area contributed by atoms with Gasteiger partial charge in [-0.2, -0.15) is 5.01 Å². The van der Waals surface area contributed by atoms with Crippen LogP contribution in [0, 0.1) is 0 Å². The first-order valence-corrected chi connectivity index (χ1v) is 4.55. The summed E-state index contributed by atoms with van der Waals surface area (Å²) in [5.41, 5.74) is 1.25. The van der Waals surface area contributed by atoms with Crippen LogP contribution in [0.15, 0.2) is 36.1 Å². The topological polar surface area (TPSA) is 6.25 Å². The number of hydrazine groups is 1. The molecule has 1 aliphatic heterocycles. The van der Waals surface area contributed by atoms with Gasteiger partial charge in [-0.05, 0) is 19.9 Å². The van der Waals surface area contributed by atoms with Gasteiger partial charge in [0.25, 0.3) is 0 Å². The minimum Gasteiger partial charge on any atom is -0.155 e. The van der Waals surface area contributed by atoms with E-state index in [9.17, 15) is 0 Å². The number of nitrogens with zero attached hydrogens (tertiary/aromatic N) is 2. The van der Waals surface area contributed by atoms with Gasteiger partial charge in [0.1, 0.15) is 0 Å². The molecule has 70 valence electrons. The molecular formula is C11H17N2+. The first-order chi connectivity index (χ1) is 6.25. The lowest BCUT2D eigenvalue weighted by Crippen LogP contribution is -2.33. The molecule has 13 heavy (non-hydrogen) atoms. The molecule has 0 atom stereocenters. The molecule has 1 rings (SSSR count). The third-order valence-corrected chi connectivity index (χ3v) is 2.03. The van der Waals surface area contributed by atoms with Crippen molar-refractivity contribution in [1.29, 1.82) is 0 Å². The van der Waals surface area contributed by atoms with Crippen molar-refractivity contribution in [2.45, 2.75) is 13.8 Å². The van der Waals surface area contributed by atoms with E-state index in [0.29, 0.717) is 0 Å². The van der Waals surface area contributed by atoms with E-state index in [2.05, 4.69) is 54.2 Å². The van der Waals surface area contributed by atoms with E-state index in [1.807, 2.05) is 13.0 Å². The highest BCUT2D eigenvalue weighted by atomic mass is 15.6. The van der Waals surface area contributed by atoms with Crippen molar-refractivity contribution in [3.63, 3.8) is 0 Å². The largest absolute Gasteiger partial charge is 0.193 e. The SMILES string of the molecule is CC=CC=C(C)N1CC=CC=[N+]1C. The summed E-state index contributed by atoms with van der Waals surface area (Å²) >= 11 is 0. The molecule has 0 saturated heterocycles. The average Bonchev–Trinajstić information content (AvgIpc) is 2.15. The zero-order valence-corrected chi connectivity index (χ0v) is 8.57. The van der Waals surface area contributed by atoms with Crippen LogP contribution < -0.4 is 0 Å². The Morgan fingerprint density at radius 3 is 2.92 bits per heavy atom. The fourth-order valence-corrected chi connectivity index (χ4v) is 1.27. The molecule has 0 spiro atoms. The van der Waals surface area contributed by atoms with E-state index in [1.165, 1.54) is 5.70 Å². The second-order valence-electron chi connectivity index (χ2n) is 3.07. The van der Waals surface area contributed by atoms with Crippen LogP contribution in [0.2, 0.25) is 0 Å². The van der Waals surface area contributed by atoms with Crippen molar-refractivity contribution in [3.05, 3.63) is 36.1 Å². The zero-order chi connectivity index (χ0) is 9.68. The fraction of sp³-hybridized carbons (Fsp3) is 0.364. The molecule has 0 aromatic carbocycles. The summed E-state index contributed by atoms with van der Waals surface area (Å²) in [4.78, 5) is 0. The lowest BCUT2D eigenvalue weighted by atomic mass is 10.3. The van der Waals surface area contributed by atoms with Crippen LogP contribution in [0.3, 0.4) is 0 Å². The molecule has 0 radical (unpaired) electrons. The van der Waals surface area contributed by atoms with Crippen LogP contribution in [-0.2, 0) is 0 Å². The molecule has 0 bridgehead atoms. The normalized spacial score (nSPS) is 18.2. The predicted molar refractivity (Wildman–Crippen MR) is 56.7 cm³/mol. The van der Waals surface area contributed by atoms with Crippen molar-refractivity contribution in [2.75, 3.05) is 13.6 Å². The first kappa shape index (κ1) is 9.78. The molecule has 0 saturated carbocycles. The molecular weight excluding hydrogens is 160 g/mol. The van der Waals surface area contributed by atoms with Crippen LogP contribution in [0.4, 0.5) is 0 Å². The molecule has 0 unspecified atom stereocenters. The van der Waals surface area contributed by atoms with E-state index < -0.39 is 0 Å². The Morgan fingerprint density at radius 1 is 1.54 bits per heavy atom. The zero-order valence-electron chi connectivity index (χ0n) is 8.57. The average molecular weight is 177 g/mol. The third-order valence-electron chi connectivity index (χ3n) is 2.03. The third kappa shape index (κ3) is 2.58. The highest BCUT2D eigenvalue weighted by molar-refractivity contribution is 5.66. The Labute approximate surface area is 80.1 Å². The van der Waals surface area contributed by atoms with Crippen LogP contribution in [0.25, 0.3) is 0 Å². The molecule has 0 aliphatic carbocycles. The second-order valence-corrected chi connectivity index (χ2v) is 3.07. The Hall–Kier alpha value is -1.31. The lowest BCUT2D eigenvalue weighted by molar-refractivity contribution is -0.652. The highest BCUT2D eigenvalue weighted by Crippen LogP contribution is 2.05. The van der Waals surface area contributed by atoms with Gasteiger partial charge in [0.2, 0.25) is 0 Å². The van der Waals surface area contributed by atoms with Crippen molar-refractivity contribution >= 4 is 6.21 Å². The van der Waals surface area contributed by atoms with E-state index in [-0.39, 0.29) is 0 Å². The van der Waals surface area contributed by atoms with Crippen LogP contribution in [0.5, 0.6) is 0 Å². The van der Waals surface area contributed by atoms with Gasteiger partial charge < -0.3 is 0 Å². The summed E-state index contributed by atoms with van der Waals surface area (Å²) in [5, 5.41) is 2.21. The van der Waals surface area contributed by atoms with Crippen molar-refractivity contribution < 1.29 is 4.68 Å². The Kier molecular flexibility index (Phi) is 3.50. The van der Waals surface area contributed by atoms with Gasteiger partial charge in [0.15, 0.2) is 13.3 Å². The lowest BCUT2D eigenvalue weighted by Gasteiger charge is -2.18. The summed E-state index contributed by atoms with van der Waals surface area (Å²) in [7, 11) is 2.05. The number of hydrogen-bond donors (Lipinski definition) is 0. The van der Waals surface area contributed by atoms with Crippen LogP contribution in [0.1, 0.15) is 13.8 Å². The first-order valence-electron chi connectivity index (χ1n) is 4.55. The second kappa shape index (κ2) is 4.65. The minimum atomic E-state index is 0.951. The van der Waals surface area contributed by atoms with Crippen molar-refractivity contribution in [3.8, 4) is 0 Å². The maximum Gasteiger partial charge on any atom is 0.193 e. The Balaban J connectivity index is 2.73. The molecule has 2 heteroatoms. The summed E-state index contributed by atoms with van der Waals surface area (Å²) in [6.07, 6.45) is 12.5. The summed E-state index contributed by atoms with van der Waals surface area (Å²) in [6, 6.07) is 0. The molecule has 0 aromatic rings.